The highest BCUT2D eigenvalue weighted by atomic mass is 19.1. The molecular weight excluding hydrogens is 225 g/mol. The van der Waals surface area contributed by atoms with Crippen molar-refractivity contribution in [3.63, 3.8) is 0 Å². The number of benzene rings is 2. The highest BCUT2D eigenvalue weighted by Gasteiger charge is 2.09. The molecular formula is C16H18FN. The summed E-state index contributed by atoms with van der Waals surface area (Å²) >= 11 is 0. The molecule has 1 nitrogen and oxygen atoms in total. The van der Waals surface area contributed by atoms with Crippen molar-refractivity contribution in [2.45, 2.75) is 27.3 Å². The van der Waals surface area contributed by atoms with Crippen LogP contribution in [0.3, 0.4) is 0 Å². The number of hydrogen-bond donors (Lipinski definition) is 1. The van der Waals surface area contributed by atoms with Gasteiger partial charge in [0.25, 0.3) is 0 Å². The number of aryl methyl sites for hydroxylation is 3. The lowest BCUT2D eigenvalue weighted by atomic mass is 9.92. The standard InChI is InChI=1S/C16H18FN/c1-10-6-12(3)16(7-11(10)2)15-5-4-14(17)8-13(15)9-18/h4-8H,9,18H2,1-3H3. The van der Waals surface area contributed by atoms with E-state index in [0.29, 0.717) is 6.54 Å². The maximum atomic E-state index is 13.2. The van der Waals surface area contributed by atoms with E-state index >= 15 is 0 Å². The van der Waals surface area contributed by atoms with E-state index in [1.807, 2.05) is 6.07 Å². The molecule has 0 saturated carbocycles. The molecule has 0 amide bonds. The minimum absolute atomic E-state index is 0.235. The van der Waals surface area contributed by atoms with Gasteiger partial charge in [0.15, 0.2) is 0 Å². The molecule has 94 valence electrons. The second-order valence-electron chi connectivity index (χ2n) is 4.76. The third-order valence-electron chi connectivity index (χ3n) is 3.42. The number of nitrogens with two attached hydrogens (primary N) is 1. The number of halogens is 1. The Hall–Kier alpha value is -1.67. The molecule has 0 unspecified atom stereocenters. The summed E-state index contributed by atoms with van der Waals surface area (Å²) in [6.45, 7) is 6.61. The Morgan fingerprint density at radius 2 is 1.56 bits per heavy atom. The van der Waals surface area contributed by atoms with Crippen molar-refractivity contribution in [2.75, 3.05) is 0 Å². The second kappa shape index (κ2) is 4.91. The van der Waals surface area contributed by atoms with E-state index in [1.165, 1.54) is 28.8 Å². The zero-order valence-corrected chi connectivity index (χ0v) is 11.0. The first-order valence-corrected chi connectivity index (χ1v) is 6.09. The maximum Gasteiger partial charge on any atom is 0.123 e. The molecule has 2 N–H and O–H groups in total. The molecule has 2 aromatic rings. The predicted octanol–water partition coefficient (Wildman–Crippen LogP) is 3.88. The van der Waals surface area contributed by atoms with Gasteiger partial charge in [-0.05, 0) is 66.3 Å². The Labute approximate surface area is 107 Å². The van der Waals surface area contributed by atoms with Gasteiger partial charge in [0.05, 0.1) is 0 Å². The fraction of sp³-hybridized carbons (Fsp3) is 0.250. The topological polar surface area (TPSA) is 26.0 Å². The normalized spacial score (nSPS) is 10.7. The molecule has 0 heterocycles. The van der Waals surface area contributed by atoms with E-state index in [1.54, 1.807) is 0 Å². The molecule has 0 aliphatic heterocycles. The molecule has 0 aliphatic rings. The molecule has 0 spiro atoms. The van der Waals surface area contributed by atoms with Gasteiger partial charge in [-0.25, -0.2) is 4.39 Å². The Balaban J connectivity index is 2.65. The first-order chi connectivity index (χ1) is 8.52. The third kappa shape index (κ3) is 2.29. The zero-order valence-electron chi connectivity index (χ0n) is 11.0. The van der Waals surface area contributed by atoms with E-state index in [2.05, 4.69) is 32.9 Å². The SMILES string of the molecule is Cc1cc(C)c(-c2ccc(F)cc2CN)cc1C. The van der Waals surface area contributed by atoms with Crippen LogP contribution < -0.4 is 5.73 Å². The maximum absolute atomic E-state index is 13.2. The van der Waals surface area contributed by atoms with Crippen LogP contribution in [-0.4, -0.2) is 0 Å². The van der Waals surface area contributed by atoms with Crippen LogP contribution in [0.1, 0.15) is 22.3 Å². The molecule has 0 bridgehead atoms. The summed E-state index contributed by atoms with van der Waals surface area (Å²) in [4.78, 5) is 0. The zero-order chi connectivity index (χ0) is 13.3. The van der Waals surface area contributed by atoms with Gasteiger partial charge in [-0.3, -0.25) is 0 Å². The van der Waals surface area contributed by atoms with Crippen molar-refractivity contribution in [3.8, 4) is 11.1 Å². The molecule has 2 aromatic carbocycles. The van der Waals surface area contributed by atoms with Crippen LogP contribution in [0.25, 0.3) is 11.1 Å². The minimum Gasteiger partial charge on any atom is -0.326 e. The first-order valence-electron chi connectivity index (χ1n) is 6.09. The minimum atomic E-state index is -0.235. The van der Waals surface area contributed by atoms with Crippen molar-refractivity contribution in [2.24, 2.45) is 5.73 Å². The summed E-state index contributed by atoms with van der Waals surface area (Å²) in [5.41, 5.74) is 12.4. The highest BCUT2D eigenvalue weighted by molar-refractivity contribution is 5.71. The van der Waals surface area contributed by atoms with Crippen LogP contribution in [0.5, 0.6) is 0 Å². The van der Waals surface area contributed by atoms with Gasteiger partial charge in [0.2, 0.25) is 0 Å². The van der Waals surface area contributed by atoms with Crippen molar-refractivity contribution in [1.29, 1.82) is 0 Å². The Kier molecular flexibility index (Phi) is 3.48. The number of hydrogen-bond acceptors (Lipinski definition) is 1. The quantitative estimate of drug-likeness (QED) is 0.851. The summed E-state index contributed by atoms with van der Waals surface area (Å²) in [5, 5.41) is 0. The van der Waals surface area contributed by atoms with Crippen LogP contribution in [-0.2, 0) is 6.54 Å². The average Bonchev–Trinajstić information content (AvgIpc) is 2.34. The lowest BCUT2D eigenvalue weighted by Gasteiger charge is -2.13. The van der Waals surface area contributed by atoms with E-state index in [0.717, 1.165) is 16.7 Å². The molecule has 18 heavy (non-hydrogen) atoms. The summed E-state index contributed by atoms with van der Waals surface area (Å²) in [7, 11) is 0. The van der Waals surface area contributed by atoms with Gasteiger partial charge < -0.3 is 5.73 Å². The summed E-state index contributed by atoms with van der Waals surface area (Å²) in [6, 6.07) is 9.13. The average molecular weight is 243 g/mol. The van der Waals surface area contributed by atoms with E-state index in [4.69, 9.17) is 5.73 Å². The molecule has 0 fully saturated rings. The molecule has 0 aromatic heterocycles. The van der Waals surface area contributed by atoms with Gasteiger partial charge in [-0.15, -0.1) is 0 Å². The van der Waals surface area contributed by atoms with E-state index in [-0.39, 0.29) is 5.82 Å². The molecule has 0 atom stereocenters. The summed E-state index contributed by atoms with van der Waals surface area (Å²) < 4.78 is 13.2. The van der Waals surface area contributed by atoms with Crippen molar-refractivity contribution < 1.29 is 4.39 Å². The van der Waals surface area contributed by atoms with Gasteiger partial charge in [-0.2, -0.15) is 0 Å². The van der Waals surface area contributed by atoms with Crippen molar-refractivity contribution in [1.82, 2.24) is 0 Å². The van der Waals surface area contributed by atoms with Crippen LogP contribution in [0.4, 0.5) is 4.39 Å². The van der Waals surface area contributed by atoms with Crippen molar-refractivity contribution >= 4 is 0 Å². The number of rotatable bonds is 2. The van der Waals surface area contributed by atoms with Gasteiger partial charge in [-0.1, -0.05) is 18.2 Å². The predicted molar refractivity (Wildman–Crippen MR) is 73.9 cm³/mol. The summed E-state index contributed by atoms with van der Waals surface area (Å²) in [6.07, 6.45) is 0. The highest BCUT2D eigenvalue weighted by Crippen LogP contribution is 2.29. The smallest absolute Gasteiger partial charge is 0.123 e. The Morgan fingerprint density at radius 3 is 2.22 bits per heavy atom. The monoisotopic (exact) mass is 243 g/mol. The fourth-order valence-corrected chi connectivity index (χ4v) is 2.24. The fourth-order valence-electron chi connectivity index (χ4n) is 2.24. The Morgan fingerprint density at radius 1 is 0.889 bits per heavy atom. The Bertz CT molecular complexity index is 588. The lowest BCUT2D eigenvalue weighted by molar-refractivity contribution is 0.625. The van der Waals surface area contributed by atoms with Gasteiger partial charge in [0, 0.05) is 6.54 Å². The lowest BCUT2D eigenvalue weighted by Crippen LogP contribution is -2.01. The van der Waals surface area contributed by atoms with Crippen LogP contribution in [0.15, 0.2) is 30.3 Å². The first kappa shape index (κ1) is 12.8. The second-order valence-corrected chi connectivity index (χ2v) is 4.76. The van der Waals surface area contributed by atoms with Crippen LogP contribution >= 0.6 is 0 Å². The molecule has 0 aliphatic carbocycles. The van der Waals surface area contributed by atoms with Gasteiger partial charge >= 0.3 is 0 Å². The van der Waals surface area contributed by atoms with Gasteiger partial charge in [0.1, 0.15) is 5.82 Å². The largest absolute Gasteiger partial charge is 0.326 e. The van der Waals surface area contributed by atoms with Crippen LogP contribution in [0.2, 0.25) is 0 Å². The molecule has 2 heteroatoms. The molecule has 0 radical (unpaired) electrons. The van der Waals surface area contributed by atoms with Crippen LogP contribution in [0, 0.1) is 26.6 Å². The van der Waals surface area contributed by atoms with Crippen molar-refractivity contribution in [3.05, 3.63) is 58.4 Å². The van der Waals surface area contributed by atoms with E-state index < -0.39 is 0 Å². The third-order valence-corrected chi connectivity index (χ3v) is 3.42. The molecule has 2 rings (SSSR count). The van der Waals surface area contributed by atoms with E-state index in [9.17, 15) is 4.39 Å². The summed E-state index contributed by atoms with van der Waals surface area (Å²) in [5.74, 6) is -0.235. The molecule has 0 saturated heterocycles.